The highest BCUT2D eigenvalue weighted by Gasteiger charge is 2.35. The standard InChI is InChI=1S/C15H26N2O2/c1-14(2,3)19-13(18)17-15(4,5)12-8-6-11(10-16)7-9-12/h11-12H,6-9H2,1-5H3,(H,17,18). The molecule has 0 saturated heterocycles. The molecule has 1 aliphatic rings. The van der Waals surface area contributed by atoms with E-state index in [-0.39, 0.29) is 17.6 Å². The first-order valence-electron chi connectivity index (χ1n) is 7.05. The largest absolute Gasteiger partial charge is 0.444 e. The number of alkyl carbamates (subject to hydrolysis) is 1. The van der Waals surface area contributed by atoms with Crippen LogP contribution in [-0.2, 0) is 4.74 Å². The summed E-state index contributed by atoms with van der Waals surface area (Å²) < 4.78 is 5.30. The van der Waals surface area contributed by atoms with Gasteiger partial charge in [0.2, 0.25) is 0 Å². The van der Waals surface area contributed by atoms with Crippen molar-refractivity contribution in [3.8, 4) is 6.07 Å². The zero-order chi connectivity index (χ0) is 14.7. The molecule has 108 valence electrons. The van der Waals surface area contributed by atoms with E-state index in [0.29, 0.717) is 5.92 Å². The molecule has 0 heterocycles. The van der Waals surface area contributed by atoms with Gasteiger partial charge >= 0.3 is 6.09 Å². The topological polar surface area (TPSA) is 62.1 Å². The zero-order valence-corrected chi connectivity index (χ0v) is 12.7. The number of nitrogens with one attached hydrogen (secondary N) is 1. The SMILES string of the molecule is CC(C)(C)OC(=O)NC(C)(C)C1CCC(C#N)CC1. The first-order chi connectivity index (χ1) is 8.64. The summed E-state index contributed by atoms with van der Waals surface area (Å²) in [6.07, 6.45) is 3.48. The highest BCUT2D eigenvalue weighted by molar-refractivity contribution is 5.68. The Morgan fingerprint density at radius 1 is 1.16 bits per heavy atom. The average molecular weight is 266 g/mol. The van der Waals surface area contributed by atoms with Crippen LogP contribution in [-0.4, -0.2) is 17.2 Å². The molecular weight excluding hydrogens is 240 g/mol. The van der Waals surface area contributed by atoms with Crippen LogP contribution in [0.3, 0.4) is 0 Å². The van der Waals surface area contributed by atoms with Crippen LogP contribution < -0.4 is 5.32 Å². The van der Waals surface area contributed by atoms with E-state index < -0.39 is 5.60 Å². The molecule has 1 N–H and O–H groups in total. The number of hydrogen-bond acceptors (Lipinski definition) is 3. The minimum absolute atomic E-state index is 0.188. The molecule has 0 aromatic heterocycles. The van der Waals surface area contributed by atoms with Gasteiger partial charge in [0.15, 0.2) is 0 Å². The van der Waals surface area contributed by atoms with Gasteiger partial charge in [-0.1, -0.05) is 0 Å². The molecule has 0 aromatic carbocycles. The summed E-state index contributed by atoms with van der Waals surface area (Å²) in [7, 11) is 0. The van der Waals surface area contributed by atoms with E-state index in [4.69, 9.17) is 10.00 Å². The van der Waals surface area contributed by atoms with Gasteiger partial charge in [-0.2, -0.15) is 5.26 Å². The second-order valence-corrected chi connectivity index (χ2v) is 7.03. The highest BCUT2D eigenvalue weighted by Crippen LogP contribution is 2.35. The second-order valence-electron chi connectivity index (χ2n) is 7.03. The van der Waals surface area contributed by atoms with Gasteiger partial charge in [0.25, 0.3) is 0 Å². The monoisotopic (exact) mass is 266 g/mol. The molecule has 1 saturated carbocycles. The first kappa shape index (κ1) is 15.8. The van der Waals surface area contributed by atoms with Gasteiger partial charge in [0.05, 0.1) is 6.07 Å². The van der Waals surface area contributed by atoms with Crippen molar-refractivity contribution in [3.63, 3.8) is 0 Å². The van der Waals surface area contributed by atoms with Crippen LogP contribution in [0.25, 0.3) is 0 Å². The number of nitriles is 1. The maximum atomic E-state index is 11.9. The fourth-order valence-corrected chi connectivity index (χ4v) is 2.61. The number of hydrogen-bond donors (Lipinski definition) is 1. The number of amides is 1. The Kier molecular flexibility index (Phi) is 4.84. The van der Waals surface area contributed by atoms with E-state index in [2.05, 4.69) is 11.4 Å². The van der Waals surface area contributed by atoms with Crippen molar-refractivity contribution in [1.82, 2.24) is 5.32 Å². The zero-order valence-electron chi connectivity index (χ0n) is 12.7. The Hall–Kier alpha value is -1.24. The number of rotatable bonds is 2. The van der Waals surface area contributed by atoms with Crippen LogP contribution in [0.5, 0.6) is 0 Å². The van der Waals surface area contributed by atoms with E-state index in [1.807, 2.05) is 34.6 Å². The van der Waals surface area contributed by atoms with Crippen LogP contribution in [0.1, 0.15) is 60.3 Å². The van der Waals surface area contributed by atoms with Gasteiger partial charge in [-0.05, 0) is 66.2 Å². The molecule has 0 aromatic rings. The van der Waals surface area contributed by atoms with Crippen molar-refractivity contribution in [2.45, 2.75) is 71.4 Å². The van der Waals surface area contributed by atoms with Gasteiger partial charge in [0, 0.05) is 11.5 Å². The Labute approximate surface area is 116 Å². The Bertz CT molecular complexity index is 355. The molecule has 0 aliphatic heterocycles. The maximum Gasteiger partial charge on any atom is 0.408 e. The molecule has 0 spiro atoms. The lowest BCUT2D eigenvalue weighted by Gasteiger charge is -2.39. The van der Waals surface area contributed by atoms with E-state index in [0.717, 1.165) is 25.7 Å². The molecule has 4 nitrogen and oxygen atoms in total. The summed E-state index contributed by atoms with van der Waals surface area (Å²) in [5, 5.41) is 11.9. The Morgan fingerprint density at radius 2 is 1.68 bits per heavy atom. The van der Waals surface area contributed by atoms with Crippen molar-refractivity contribution >= 4 is 6.09 Å². The van der Waals surface area contributed by atoms with Gasteiger partial charge in [-0.25, -0.2) is 4.79 Å². The molecule has 1 rings (SSSR count). The predicted molar refractivity (Wildman–Crippen MR) is 74.5 cm³/mol. The maximum absolute atomic E-state index is 11.9. The molecule has 0 bridgehead atoms. The van der Waals surface area contributed by atoms with E-state index in [1.165, 1.54) is 0 Å². The van der Waals surface area contributed by atoms with Crippen molar-refractivity contribution < 1.29 is 9.53 Å². The highest BCUT2D eigenvalue weighted by atomic mass is 16.6. The molecule has 1 amide bonds. The lowest BCUT2D eigenvalue weighted by Crippen LogP contribution is -2.51. The molecule has 0 unspecified atom stereocenters. The molecule has 0 atom stereocenters. The quantitative estimate of drug-likeness (QED) is 0.830. The molecule has 4 heteroatoms. The van der Waals surface area contributed by atoms with Crippen LogP contribution in [0.4, 0.5) is 4.79 Å². The molecule has 1 fully saturated rings. The van der Waals surface area contributed by atoms with Crippen LogP contribution in [0, 0.1) is 23.2 Å². The van der Waals surface area contributed by atoms with Crippen LogP contribution in [0.2, 0.25) is 0 Å². The molecule has 1 aliphatic carbocycles. The third-order valence-electron chi connectivity index (χ3n) is 3.75. The number of nitrogens with zero attached hydrogens (tertiary/aromatic N) is 1. The number of carbonyl (C=O) groups is 1. The van der Waals surface area contributed by atoms with Crippen LogP contribution >= 0.6 is 0 Å². The van der Waals surface area contributed by atoms with Gasteiger partial charge in [-0.15, -0.1) is 0 Å². The summed E-state index contributed by atoms with van der Waals surface area (Å²) in [6, 6.07) is 2.34. The summed E-state index contributed by atoms with van der Waals surface area (Å²) in [6.45, 7) is 9.65. The average Bonchev–Trinajstić information content (AvgIpc) is 2.25. The summed E-state index contributed by atoms with van der Waals surface area (Å²) >= 11 is 0. The predicted octanol–water partition coefficient (Wildman–Crippen LogP) is 3.62. The van der Waals surface area contributed by atoms with Crippen molar-refractivity contribution in [2.75, 3.05) is 0 Å². The van der Waals surface area contributed by atoms with Gasteiger partial charge in [-0.3, -0.25) is 0 Å². The number of carbonyl (C=O) groups excluding carboxylic acids is 1. The van der Waals surface area contributed by atoms with E-state index in [9.17, 15) is 4.79 Å². The van der Waals surface area contributed by atoms with Gasteiger partial charge in [0.1, 0.15) is 5.60 Å². The molecular formula is C15H26N2O2. The van der Waals surface area contributed by atoms with E-state index >= 15 is 0 Å². The van der Waals surface area contributed by atoms with Crippen molar-refractivity contribution in [3.05, 3.63) is 0 Å². The van der Waals surface area contributed by atoms with Crippen LogP contribution in [0.15, 0.2) is 0 Å². The fourth-order valence-electron chi connectivity index (χ4n) is 2.61. The smallest absolute Gasteiger partial charge is 0.408 e. The second kappa shape index (κ2) is 5.81. The Morgan fingerprint density at radius 3 is 2.11 bits per heavy atom. The lowest BCUT2D eigenvalue weighted by molar-refractivity contribution is 0.0413. The number of ether oxygens (including phenoxy) is 1. The minimum Gasteiger partial charge on any atom is -0.444 e. The minimum atomic E-state index is -0.474. The van der Waals surface area contributed by atoms with Gasteiger partial charge < -0.3 is 10.1 Å². The molecule has 0 radical (unpaired) electrons. The van der Waals surface area contributed by atoms with Crippen molar-refractivity contribution in [1.29, 1.82) is 5.26 Å². The van der Waals surface area contributed by atoms with E-state index in [1.54, 1.807) is 0 Å². The Balaban J connectivity index is 2.52. The third-order valence-corrected chi connectivity index (χ3v) is 3.75. The summed E-state index contributed by atoms with van der Waals surface area (Å²) in [4.78, 5) is 11.9. The first-order valence-corrected chi connectivity index (χ1v) is 7.05. The van der Waals surface area contributed by atoms with Crippen molar-refractivity contribution in [2.24, 2.45) is 11.8 Å². The lowest BCUT2D eigenvalue weighted by atomic mass is 9.73. The molecule has 19 heavy (non-hydrogen) atoms. The normalized spacial score (nSPS) is 24.4. The third kappa shape index (κ3) is 5.10. The fraction of sp³-hybridized carbons (Fsp3) is 0.867. The summed E-state index contributed by atoms with van der Waals surface area (Å²) in [5.41, 5.74) is -0.763. The summed E-state index contributed by atoms with van der Waals surface area (Å²) in [5.74, 6) is 0.596.